The summed E-state index contributed by atoms with van der Waals surface area (Å²) in [4.78, 5) is 12.0. The lowest BCUT2D eigenvalue weighted by molar-refractivity contribution is 0.0847. The minimum absolute atomic E-state index is 0.307. The molecule has 138 valence electrons. The second kappa shape index (κ2) is 6.70. The van der Waals surface area contributed by atoms with E-state index in [1.165, 1.54) is 0 Å². The number of amides is 1. The van der Waals surface area contributed by atoms with Crippen LogP contribution >= 0.6 is 0 Å². The number of hydrogen-bond acceptors (Lipinski definition) is 4. The number of nitrogens with one attached hydrogen (secondary N) is 2. The van der Waals surface area contributed by atoms with E-state index < -0.39 is 6.09 Å². The molecule has 1 amide bonds. The van der Waals surface area contributed by atoms with E-state index in [1.54, 1.807) is 0 Å². The second-order valence-electron chi connectivity index (χ2n) is 7.19. The number of carbonyl (C=O) groups excluding carboxylic acids is 1. The highest BCUT2D eigenvalue weighted by atomic mass is 16.6. The van der Waals surface area contributed by atoms with E-state index >= 15 is 0 Å². The van der Waals surface area contributed by atoms with Gasteiger partial charge in [0.25, 0.3) is 0 Å². The molecule has 3 heterocycles. The summed E-state index contributed by atoms with van der Waals surface area (Å²) in [5.74, 6) is 0.425. The Morgan fingerprint density at radius 3 is 2.74 bits per heavy atom. The molecule has 5 rings (SSSR count). The molecule has 1 saturated heterocycles. The lowest BCUT2D eigenvalue weighted by Gasteiger charge is -2.27. The van der Waals surface area contributed by atoms with Crippen molar-refractivity contribution in [3.05, 3.63) is 59.3 Å². The van der Waals surface area contributed by atoms with E-state index in [4.69, 9.17) is 9.47 Å². The number of benzene rings is 2. The highest BCUT2D eigenvalue weighted by Gasteiger charge is 2.29. The number of fused-ring (bicyclic) bond motifs is 2. The van der Waals surface area contributed by atoms with Gasteiger partial charge in [0.05, 0.1) is 11.2 Å². The van der Waals surface area contributed by atoms with Crippen molar-refractivity contribution in [2.45, 2.75) is 31.3 Å². The van der Waals surface area contributed by atoms with Gasteiger partial charge in [-0.2, -0.15) is 5.10 Å². The van der Waals surface area contributed by atoms with Gasteiger partial charge in [-0.05, 0) is 30.5 Å². The van der Waals surface area contributed by atoms with Crippen molar-refractivity contribution < 1.29 is 14.3 Å². The fraction of sp³-hybridized carbons (Fsp3) is 0.333. The fourth-order valence-corrected chi connectivity index (χ4v) is 4.08. The van der Waals surface area contributed by atoms with Crippen molar-refractivity contribution in [1.82, 2.24) is 10.2 Å². The zero-order valence-electron chi connectivity index (χ0n) is 14.9. The minimum atomic E-state index is -0.414. The van der Waals surface area contributed by atoms with Crippen LogP contribution in [-0.2, 0) is 15.9 Å². The van der Waals surface area contributed by atoms with Gasteiger partial charge in [0, 0.05) is 42.2 Å². The zero-order valence-corrected chi connectivity index (χ0v) is 14.9. The van der Waals surface area contributed by atoms with E-state index in [0.717, 1.165) is 59.5 Å². The molecule has 1 unspecified atom stereocenters. The van der Waals surface area contributed by atoms with Gasteiger partial charge < -0.3 is 9.47 Å². The molecular weight excluding hydrogens is 342 g/mol. The third kappa shape index (κ3) is 3.06. The number of aromatic nitrogens is 2. The Bertz CT molecular complexity index is 977. The summed E-state index contributed by atoms with van der Waals surface area (Å²) >= 11 is 0. The van der Waals surface area contributed by atoms with E-state index in [0.29, 0.717) is 12.3 Å². The fourth-order valence-electron chi connectivity index (χ4n) is 4.08. The average molecular weight is 363 g/mol. The molecule has 2 aliphatic rings. The van der Waals surface area contributed by atoms with Crippen LogP contribution in [0.4, 0.5) is 10.5 Å². The summed E-state index contributed by atoms with van der Waals surface area (Å²) in [5, 5.41) is 11.6. The first-order valence-electron chi connectivity index (χ1n) is 9.39. The topological polar surface area (TPSA) is 76.2 Å². The van der Waals surface area contributed by atoms with Crippen molar-refractivity contribution in [2.24, 2.45) is 0 Å². The van der Waals surface area contributed by atoms with E-state index in [2.05, 4.69) is 33.7 Å². The van der Waals surface area contributed by atoms with Crippen molar-refractivity contribution in [1.29, 1.82) is 0 Å². The van der Waals surface area contributed by atoms with Crippen LogP contribution in [0.5, 0.6) is 0 Å². The molecule has 6 heteroatoms. The van der Waals surface area contributed by atoms with Crippen LogP contribution in [0.2, 0.25) is 0 Å². The first-order valence-corrected chi connectivity index (χ1v) is 9.39. The lowest BCUT2D eigenvalue weighted by Crippen LogP contribution is -2.25. The summed E-state index contributed by atoms with van der Waals surface area (Å²) in [7, 11) is 0. The third-order valence-corrected chi connectivity index (χ3v) is 5.48. The number of nitrogens with zero attached hydrogens (tertiary/aromatic N) is 1. The van der Waals surface area contributed by atoms with E-state index in [1.807, 2.05) is 24.3 Å². The highest BCUT2D eigenvalue weighted by Crippen LogP contribution is 2.38. The zero-order chi connectivity index (χ0) is 18.2. The molecule has 1 fully saturated rings. The highest BCUT2D eigenvalue weighted by molar-refractivity contribution is 5.94. The molecule has 6 nitrogen and oxygen atoms in total. The van der Waals surface area contributed by atoms with Crippen LogP contribution < -0.4 is 5.32 Å². The lowest BCUT2D eigenvalue weighted by atomic mass is 9.91. The molecule has 1 atom stereocenters. The smallest absolute Gasteiger partial charge is 0.412 e. The quantitative estimate of drug-likeness (QED) is 0.727. The van der Waals surface area contributed by atoms with Crippen LogP contribution in [0.1, 0.15) is 41.7 Å². The number of rotatable bonds is 3. The molecule has 0 radical (unpaired) electrons. The van der Waals surface area contributed by atoms with Crippen molar-refractivity contribution >= 4 is 22.7 Å². The van der Waals surface area contributed by atoms with Gasteiger partial charge in [-0.3, -0.25) is 10.4 Å². The largest absolute Gasteiger partial charge is 0.441 e. The number of carbonyl (C=O) groups is 1. The Balaban J connectivity index is 1.55. The molecule has 1 aromatic heterocycles. The SMILES string of the molecule is O=C1Nc2cc3n[nH]c(C4CCOCC4)c3cc2C(Cc2ccccc2)O1. The summed E-state index contributed by atoms with van der Waals surface area (Å²) in [6, 6.07) is 14.2. The Hall–Kier alpha value is -2.86. The molecule has 0 saturated carbocycles. The van der Waals surface area contributed by atoms with Crippen LogP contribution in [0.3, 0.4) is 0 Å². The van der Waals surface area contributed by atoms with Crippen molar-refractivity contribution in [3.8, 4) is 0 Å². The maximum absolute atomic E-state index is 12.0. The monoisotopic (exact) mass is 363 g/mol. The first-order chi connectivity index (χ1) is 13.3. The molecule has 2 aliphatic heterocycles. The maximum Gasteiger partial charge on any atom is 0.412 e. The van der Waals surface area contributed by atoms with Crippen molar-refractivity contribution in [2.75, 3.05) is 18.5 Å². The molecule has 0 bridgehead atoms. The second-order valence-corrected chi connectivity index (χ2v) is 7.19. The first kappa shape index (κ1) is 16.3. The van der Waals surface area contributed by atoms with E-state index in [9.17, 15) is 4.79 Å². The van der Waals surface area contributed by atoms with Crippen LogP contribution in [0.25, 0.3) is 10.9 Å². The normalized spacial score (nSPS) is 20.1. The van der Waals surface area contributed by atoms with Crippen LogP contribution in [0, 0.1) is 0 Å². The number of cyclic esters (lactones) is 1. The average Bonchev–Trinajstić information content (AvgIpc) is 3.11. The Morgan fingerprint density at radius 2 is 1.93 bits per heavy atom. The van der Waals surface area contributed by atoms with Gasteiger partial charge in [0.15, 0.2) is 0 Å². The third-order valence-electron chi connectivity index (χ3n) is 5.48. The van der Waals surface area contributed by atoms with Gasteiger partial charge in [-0.15, -0.1) is 0 Å². The molecule has 3 aromatic rings. The summed E-state index contributed by atoms with van der Waals surface area (Å²) in [6.45, 7) is 1.57. The molecular formula is C21H21N3O3. The number of ether oxygens (including phenoxy) is 2. The predicted molar refractivity (Wildman–Crippen MR) is 102 cm³/mol. The van der Waals surface area contributed by atoms with Gasteiger partial charge >= 0.3 is 6.09 Å². The summed E-state index contributed by atoms with van der Waals surface area (Å²) in [5.41, 5.74) is 4.95. The summed E-state index contributed by atoms with van der Waals surface area (Å²) < 4.78 is 11.1. The Morgan fingerprint density at radius 1 is 1.11 bits per heavy atom. The molecule has 2 N–H and O–H groups in total. The number of anilines is 1. The molecule has 2 aromatic carbocycles. The van der Waals surface area contributed by atoms with Crippen LogP contribution in [-0.4, -0.2) is 29.5 Å². The van der Waals surface area contributed by atoms with E-state index in [-0.39, 0.29) is 6.10 Å². The predicted octanol–water partition coefficient (Wildman–Crippen LogP) is 4.30. The summed E-state index contributed by atoms with van der Waals surface area (Å²) in [6.07, 6.45) is 1.92. The Labute approximate surface area is 156 Å². The standard InChI is InChI=1S/C21H21N3O3/c25-21-22-17-12-18-16(20(24-23-18)14-6-8-26-9-7-14)11-15(17)19(27-21)10-13-4-2-1-3-5-13/h1-5,11-12,14,19H,6-10H2,(H,22,25)(H,23,24). The number of aromatic amines is 1. The number of H-pyrrole nitrogens is 1. The van der Waals surface area contributed by atoms with Crippen LogP contribution in [0.15, 0.2) is 42.5 Å². The molecule has 27 heavy (non-hydrogen) atoms. The van der Waals surface area contributed by atoms with Crippen molar-refractivity contribution in [3.63, 3.8) is 0 Å². The molecule has 0 aliphatic carbocycles. The minimum Gasteiger partial charge on any atom is -0.441 e. The van der Waals surface area contributed by atoms with Gasteiger partial charge in [-0.25, -0.2) is 4.79 Å². The Kier molecular flexibility index (Phi) is 4.05. The molecule has 0 spiro atoms. The number of hydrogen-bond donors (Lipinski definition) is 2. The van der Waals surface area contributed by atoms with Gasteiger partial charge in [-0.1, -0.05) is 30.3 Å². The van der Waals surface area contributed by atoms with Gasteiger partial charge in [0.2, 0.25) is 0 Å². The maximum atomic E-state index is 12.0. The van der Waals surface area contributed by atoms with Gasteiger partial charge in [0.1, 0.15) is 6.10 Å².